The fraction of sp³-hybridized carbons (Fsp3) is 0.188. The van der Waals surface area contributed by atoms with Crippen molar-refractivity contribution in [2.75, 3.05) is 0 Å². The van der Waals surface area contributed by atoms with Gasteiger partial charge in [0.05, 0.1) is 6.10 Å². The van der Waals surface area contributed by atoms with Crippen LogP contribution in [0.3, 0.4) is 0 Å². The zero-order valence-electron chi connectivity index (χ0n) is 11.5. The van der Waals surface area contributed by atoms with E-state index in [1.54, 1.807) is 0 Å². The molecule has 0 aliphatic carbocycles. The Morgan fingerprint density at radius 3 is 1.60 bits per heavy atom. The molecule has 20 heavy (non-hydrogen) atoms. The molecule has 0 N–H and O–H groups in total. The Labute approximate surface area is 138 Å². The van der Waals surface area contributed by atoms with E-state index >= 15 is 0 Å². The van der Waals surface area contributed by atoms with Crippen LogP contribution in [0, 0.1) is 0 Å². The summed E-state index contributed by atoms with van der Waals surface area (Å²) >= 11 is 9.11. The number of ether oxygens (including phenoxy) is 1. The molecule has 2 rings (SSSR count). The third kappa shape index (κ3) is 8.31. The minimum absolute atomic E-state index is 0.130. The van der Waals surface area contributed by atoms with Crippen molar-refractivity contribution < 1.29 is 4.74 Å². The van der Waals surface area contributed by atoms with Crippen LogP contribution in [0.15, 0.2) is 60.7 Å². The summed E-state index contributed by atoms with van der Waals surface area (Å²) < 4.78 is 7.93. The molecule has 0 saturated carbocycles. The summed E-state index contributed by atoms with van der Waals surface area (Å²) in [5, 5.41) is 0. The van der Waals surface area contributed by atoms with Crippen molar-refractivity contribution in [1.29, 1.82) is 0 Å². The molecule has 0 heterocycles. The van der Waals surface area contributed by atoms with Crippen molar-refractivity contribution in [1.82, 2.24) is 0 Å². The van der Waals surface area contributed by atoms with Gasteiger partial charge >= 0.3 is 85.1 Å². The zero-order valence-corrected chi connectivity index (χ0v) is 15.0. The van der Waals surface area contributed by atoms with Gasteiger partial charge in [0.15, 0.2) is 0 Å². The fourth-order valence-corrected chi connectivity index (χ4v) is 3.70. The van der Waals surface area contributed by atoms with Crippen LogP contribution in [0.2, 0.25) is 0 Å². The quantitative estimate of drug-likeness (QED) is 0.471. The number of hydrogen-bond acceptors (Lipinski definition) is 3. The van der Waals surface area contributed by atoms with Gasteiger partial charge in [-0.3, -0.25) is 0 Å². The maximum absolute atomic E-state index is 4.80. The molecule has 0 spiro atoms. The van der Waals surface area contributed by atoms with Crippen LogP contribution in [-0.2, 0) is 17.4 Å². The predicted octanol–water partition coefficient (Wildman–Crippen LogP) is 2.58. The van der Waals surface area contributed by atoms with Gasteiger partial charge < -0.3 is 29.6 Å². The number of rotatable bonds is 3. The Morgan fingerprint density at radius 1 is 0.950 bits per heavy atom. The SMILES string of the molecule is CC(C)OC(=S)[S-].c1ccc([As+]c2ccccc2)cc1. The van der Waals surface area contributed by atoms with Crippen molar-refractivity contribution in [3.05, 3.63) is 60.7 Å². The average molecular weight is 364 g/mol. The topological polar surface area (TPSA) is 9.23 Å². The number of hydrogen-bond donors (Lipinski definition) is 0. The minimum atomic E-state index is 0.130. The van der Waals surface area contributed by atoms with Crippen molar-refractivity contribution in [2.24, 2.45) is 0 Å². The molecule has 104 valence electrons. The molecule has 2 aromatic rings. The molecule has 0 bridgehead atoms. The molecule has 0 saturated heterocycles. The fourth-order valence-electron chi connectivity index (χ4n) is 1.35. The summed E-state index contributed by atoms with van der Waals surface area (Å²) in [5.41, 5.74) is 0. The Morgan fingerprint density at radius 2 is 1.35 bits per heavy atom. The number of benzene rings is 2. The summed E-state index contributed by atoms with van der Waals surface area (Å²) in [6.07, 6.45) is 0.130. The van der Waals surface area contributed by atoms with Crippen LogP contribution in [0.25, 0.3) is 0 Å². The molecule has 0 aliphatic heterocycles. The third-order valence-corrected chi connectivity index (χ3v) is 4.63. The van der Waals surface area contributed by atoms with Crippen molar-refractivity contribution in [2.45, 2.75) is 20.0 Å². The first-order chi connectivity index (χ1) is 9.58. The van der Waals surface area contributed by atoms with Gasteiger partial charge in [0.2, 0.25) is 0 Å². The van der Waals surface area contributed by atoms with E-state index in [-0.39, 0.29) is 26.2 Å². The Balaban J connectivity index is 0.000000246. The summed E-state index contributed by atoms with van der Waals surface area (Å²) in [6.45, 7) is 3.78. The first-order valence-corrected chi connectivity index (χ1v) is 8.96. The molecule has 0 atom stereocenters. The van der Waals surface area contributed by atoms with Crippen LogP contribution in [0.4, 0.5) is 0 Å². The zero-order chi connectivity index (χ0) is 14.8. The van der Waals surface area contributed by atoms with E-state index in [9.17, 15) is 0 Å². The molecule has 2 radical (unpaired) electrons. The molecule has 0 aromatic heterocycles. The molecule has 0 aliphatic rings. The summed E-state index contributed by atoms with van der Waals surface area (Å²) in [7, 11) is 0. The standard InChI is InChI=1S/C12H10As.C4H8OS2/c1-3-7-11(8-4-1)13-12-9-5-2-6-10-12;1-3(2)5-4(6)7/h1-10H;3H,1-2H3,(H,6,7)/q+1;/p-1. The second-order valence-electron chi connectivity index (χ2n) is 4.20. The van der Waals surface area contributed by atoms with Crippen molar-refractivity contribution >= 4 is 53.7 Å². The first-order valence-electron chi connectivity index (χ1n) is 6.27. The van der Waals surface area contributed by atoms with E-state index in [0.29, 0.717) is 0 Å². The molecular formula is C16H17AsOS2. The van der Waals surface area contributed by atoms with E-state index in [1.807, 2.05) is 13.8 Å². The van der Waals surface area contributed by atoms with Gasteiger partial charge in [-0.15, -0.1) is 0 Å². The molecule has 2 aromatic carbocycles. The molecule has 0 amide bonds. The monoisotopic (exact) mass is 364 g/mol. The van der Waals surface area contributed by atoms with E-state index < -0.39 is 0 Å². The van der Waals surface area contributed by atoms with Crippen LogP contribution >= 0.6 is 12.2 Å². The van der Waals surface area contributed by atoms with Crippen LogP contribution in [0.5, 0.6) is 0 Å². The molecule has 1 nitrogen and oxygen atoms in total. The maximum atomic E-state index is 4.80. The van der Waals surface area contributed by atoms with Gasteiger partial charge in [0.1, 0.15) is 0 Å². The van der Waals surface area contributed by atoms with Crippen molar-refractivity contribution in [3.8, 4) is 0 Å². The van der Waals surface area contributed by atoms with Gasteiger partial charge in [-0.2, -0.15) is 0 Å². The van der Waals surface area contributed by atoms with Crippen LogP contribution < -0.4 is 8.70 Å². The van der Waals surface area contributed by atoms with Gasteiger partial charge in [-0.1, -0.05) is 0 Å². The van der Waals surface area contributed by atoms with Gasteiger partial charge in [0, 0.05) is 4.38 Å². The second kappa shape index (κ2) is 9.93. The Bertz CT molecular complexity index is 463. The van der Waals surface area contributed by atoms with Gasteiger partial charge in [-0.25, -0.2) is 0 Å². The molecule has 4 heteroatoms. The summed E-state index contributed by atoms with van der Waals surface area (Å²) in [6, 6.07) is 21.4. The van der Waals surface area contributed by atoms with Gasteiger partial charge in [0.25, 0.3) is 0 Å². The average Bonchev–Trinajstić information content (AvgIpc) is 2.40. The van der Waals surface area contributed by atoms with Crippen LogP contribution in [-0.4, -0.2) is 26.2 Å². The first kappa shape index (κ1) is 17.2. The molecule has 0 fully saturated rings. The van der Waals surface area contributed by atoms with E-state index in [0.717, 1.165) is 0 Å². The molecular weight excluding hydrogens is 347 g/mol. The number of thiocarbonyl (C=S) groups is 1. The normalized spacial score (nSPS) is 9.55. The van der Waals surface area contributed by atoms with Crippen molar-refractivity contribution in [3.63, 3.8) is 0 Å². The van der Waals surface area contributed by atoms with E-state index in [1.165, 1.54) is 8.70 Å². The van der Waals surface area contributed by atoms with Crippen LogP contribution in [0.1, 0.15) is 13.8 Å². The predicted molar refractivity (Wildman–Crippen MR) is 94.1 cm³/mol. The summed E-state index contributed by atoms with van der Waals surface area (Å²) in [5.74, 6) is 0. The third-order valence-electron chi connectivity index (χ3n) is 2.10. The Kier molecular flexibility index (Phi) is 8.52. The second-order valence-corrected chi connectivity index (χ2v) is 7.84. The van der Waals surface area contributed by atoms with Gasteiger partial charge in [-0.05, 0) is 13.8 Å². The Hall–Kier alpha value is -0.892. The summed E-state index contributed by atoms with van der Waals surface area (Å²) in [4.78, 5) is 0. The molecule has 0 unspecified atom stereocenters. The van der Waals surface area contributed by atoms with E-state index in [4.69, 9.17) is 4.74 Å². The van der Waals surface area contributed by atoms with E-state index in [2.05, 4.69) is 85.5 Å².